The normalized spacial score (nSPS) is 12.9. The van der Waals surface area contributed by atoms with Crippen molar-refractivity contribution in [2.75, 3.05) is 11.9 Å². The van der Waals surface area contributed by atoms with E-state index in [-0.39, 0.29) is 6.54 Å². The summed E-state index contributed by atoms with van der Waals surface area (Å²) in [6.07, 6.45) is -3.17. The molecule has 14 heavy (non-hydrogen) atoms. The molecule has 0 aliphatic rings. The van der Waals surface area contributed by atoms with Crippen LogP contribution in [-0.4, -0.2) is 34.1 Å². The molecule has 0 bridgehead atoms. The molecule has 0 aliphatic carbocycles. The van der Waals surface area contributed by atoms with E-state index in [1.165, 1.54) is 12.4 Å². The lowest BCUT2D eigenvalue weighted by atomic mass is 10.3. The molecule has 0 saturated heterocycles. The molecule has 1 atom stereocenters. The van der Waals surface area contributed by atoms with E-state index in [1.807, 2.05) is 0 Å². The Labute approximate surface area is 87.5 Å². The minimum Gasteiger partial charge on any atom is -0.385 e. The highest BCUT2D eigenvalue weighted by Gasteiger charge is 2.16. The van der Waals surface area contributed by atoms with Crippen molar-refractivity contribution < 1.29 is 13.9 Å². The summed E-state index contributed by atoms with van der Waals surface area (Å²) in [4.78, 5) is 7.52. The van der Waals surface area contributed by atoms with Gasteiger partial charge in [0, 0.05) is 12.6 Å². The number of aromatic nitrogens is 2. The molecule has 1 rings (SSSR count). The topological polar surface area (TPSA) is 58.0 Å². The molecule has 0 amide bonds. The zero-order valence-electron chi connectivity index (χ0n) is 6.99. The van der Waals surface area contributed by atoms with Gasteiger partial charge in [-0.05, 0) is 15.9 Å². The van der Waals surface area contributed by atoms with Crippen LogP contribution in [0, 0.1) is 0 Å². The maximum absolute atomic E-state index is 11.9. The number of hydrogen-bond acceptors (Lipinski definition) is 4. The predicted octanol–water partition coefficient (Wildman–Crippen LogP) is 1.28. The molecule has 78 valence electrons. The van der Waals surface area contributed by atoms with Crippen molar-refractivity contribution in [1.29, 1.82) is 0 Å². The maximum atomic E-state index is 11.9. The van der Waals surface area contributed by atoms with Crippen LogP contribution in [0.5, 0.6) is 0 Å². The van der Waals surface area contributed by atoms with Crippen LogP contribution in [0.4, 0.5) is 14.6 Å². The molecule has 0 spiro atoms. The molecule has 0 aromatic carbocycles. The third kappa shape index (κ3) is 3.51. The predicted molar refractivity (Wildman–Crippen MR) is 50.2 cm³/mol. The number of nitrogens with one attached hydrogen (secondary N) is 1. The van der Waals surface area contributed by atoms with Crippen LogP contribution in [-0.2, 0) is 0 Å². The molecule has 7 heteroatoms. The largest absolute Gasteiger partial charge is 0.385 e. The fourth-order valence-electron chi connectivity index (χ4n) is 0.728. The lowest BCUT2D eigenvalue weighted by Crippen LogP contribution is -2.27. The quantitative estimate of drug-likeness (QED) is 0.807. The summed E-state index contributed by atoms with van der Waals surface area (Å²) in [7, 11) is 0. The first-order valence-corrected chi connectivity index (χ1v) is 4.56. The number of hydrogen-bond donors (Lipinski definition) is 2. The third-order valence-corrected chi connectivity index (χ3v) is 1.85. The zero-order chi connectivity index (χ0) is 10.6. The van der Waals surface area contributed by atoms with E-state index in [2.05, 4.69) is 31.2 Å². The van der Waals surface area contributed by atoms with Crippen molar-refractivity contribution in [1.82, 2.24) is 9.97 Å². The molecule has 0 aliphatic heterocycles. The van der Waals surface area contributed by atoms with Crippen molar-refractivity contribution in [2.24, 2.45) is 0 Å². The van der Waals surface area contributed by atoms with Crippen molar-refractivity contribution >= 4 is 21.7 Å². The number of aliphatic hydroxyl groups excluding tert-OH is 1. The van der Waals surface area contributed by atoms with Gasteiger partial charge in [0.15, 0.2) is 0 Å². The summed E-state index contributed by atoms with van der Waals surface area (Å²) in [5.41, 5.74) is 0. The first-order chi connectivity index (χ1) is 6.59. The molecule has 1 aromatic rings. The van der Waals surface area contributed by atoms with Gasteiger partial charge in [0.25, 0.3) is 6.43 Å². The van der Waals surface area contributed by atoms with Crippen LogP contribution in [0.25, 0.3) is 0 Å². The monoisotopic (exact) mass is 267 g/mol. The highest BCUT2D eigenvalue weighted by molar-refractivity contribution is 9.10. The van der Waals surface area contributed by atoms with Crippen LogP contribution in [0.3, 0.4) is 0 Å². The smallest absolute Gasteiger partial charge is 0.265 e. The van der Waals surface area contributed by atoms with Crippen LogP contribution in [0.1, 0.15) is 0 Å². The number of alkyl halides is 2. The molecule has 1 aromatic heterocycles. The number of nitrogens with zero attached hydrogens (tertiary/aromatic N) is 2. The van der Waals surface area contributed by atoms with Gasteiger partial charge in [-0.15, -0.1) is 0 Å². The second-order valence-electron chi connectivity index (χ2n) is 2.51. The molecule has 1 unspecified atom stereocenters. The lowest BCUT2D eigenvalue weighted by molar-refractivity contribution is 0.00380. The highest BCUT2D eigenvalue weighted by Crippen LogP contribution is 2.10. The van der Waals surface area contributed by atoms with Crippen LogP contribution >= 0.6 is 15.9 Å². The van der Waals surface area contributed by atoms with E-state index in [9.17, 15) is 8.78 Å². The maximum Gasteiger partial charge on any atom is 0.265 e. The SMILES string of the molecule is OC(CNc1cc(Br)ncn1)C(F)F. The van der Waals surface area contributed by atoms with Gasteiger partial charge in [0.2, 0.25) is 0 Å². The fraction of sp³-hybridized carbons (Fsp3) is 0.429. The Morgan fingerprint density at radius 3 is 2.79 bits per heavy atom. The summed E-state index contributed by atoms with van der Waals surface area (Å²) in [6, 6.07) is 1.53. The van der Waals surface area contributed by atoms with Crippen LogP contribution < -0.4 is 5.32 Å². The highest BCUT2D eigenvalue weighted by atomic mass is 79.9. The van der Waals surface area contributed by atoms with E-state index >= 15 is 0 Å². The van der Waals surface area contributed by atoms with E-state index in [1.54, 1.807) is 0 Å². The Balaban J connectivity index is 2.45. The van der Waals surface area contributed by atoms with Gasteiger partial charge in [-0.1, -0.05) is 0 Å². The van der Waals surface area contributed by atoms with Gasteiger partial charge in [0.1, 0.15) is 22.9 Å². The first-order valence-electron chi connectivity index (χ1n) is 3.77. The summed E-state index contributed by atoms with van der Waals surface area (Å²) in [5.74, 6) is 0.381. The van der Waals surface area contributed by atoms with Crippen molar-refractivity contribution in [2.45, 2.75) is 12.5 Å². The zero-order valence-corrected chi connectivity index (χ0v) is 8.58. The molecule has 2 N–H and O–H groups in total. The summed E-state index contributed by atoms with van der Waals surface area (Å²) >= 11 is 3.10. The van der Waals surface area contributed by atoms with Gasteiger partial charge in [0.05, 0.1) is 0 Å². The standard InChI is InChI=1S/C7H8BrF2N3O/c8-5-1-6(13-3-12-5)11-2-4(14)7(9)10/h1,3-4,7,14H,2H2,(H,11,12,13). The number of halogens is 3. The van der Waals surface area contributed by atoms with Crippen molar-refractivity contribution in [3.63, 3.8) is 0 Å². The Bertz CT molecular complexity index is 300. The van der Waals surface area contributed by atoms with Crippen molar-refractivity contribution in [3.05, 3.63) is 17.0 Å². The van der Waals surface area contributed by atoms with Crippen LogP contribution in [0.2, 0.25) is 0 Å². The molecule has 0 fully saturated rings. The molecular formula is C7H8BrF2N3O. The second-order valence-corrected chi connectivity index (χ2v) is 3.32. The summed E-state index contributed by atoms with van der Waals surface area (Å²) in [6.45, 7) is -0.249. The molecule has 0 radical (unpaired) electrons. The lowest BCUT2D eigenvalue weighted by Gasteiger charge is -2.10. The Morgan fingerprint density at radius 1 is 1.50 bits per heavy atom. The summed E-state index contributed by atoms with van der Waals surface area (Å²) in [5, 5.41) is 11.3. The summed E-state index contributed by atoms with van der Waals surface area (Å²) < 4.78 is 24.3. The van der Waals surface area contributed by atoms with E-state index in [4.69, 9.17) is 5.11 Å². The molecule has 1 heterocycles. The van der Waals surface area contributed by atoms with Gasteiger partial charge in [-0.25, -0.2) is 18.7 Å². The number of rotatable bonds is 4. The van der Waals surface area contributed by atoms with E-state index in [0.717, 1.165) is 0 Å². The van der Waals surface area contributed by atoms with Gasteiger partial charge in [-0.3, -0.25) is 0 Å². The minimum absolute atomic E-state index is 0.249. The molecule has 4 nitrogen and oxygen atoms in total. The minimum atomic E-state index is -2.76. The number of aliphatic hydroxyl groups is 1. The van der Waals surface area contributed by atoms with Crippen LogP contribution in [0.15, 0.2) is 17.0 Å². The Hall–Kier alpha value is -0.820. The van der Waals surface area contributed by atoms with Crippen molar-refractivity contribution in [3.8, 4) is 0 Å². The number of anilines is 1. The Kier molecular flexibility index (Phi) is 4.15. The fourth-order valence-corrected chi connectivity index (χ4v) is 1.04. The molecule has 0 saturated carbocycles. The van der Waals surface area contributed by atoms with E-state index < -0.39 is 12.5 Å². The third-order valence-electron chi connectivity index (χ3n) is 1.42. The van der Waals surface area contributed by atoms with Gasteiger partial charge < -0.3 is 10.4 Å². The molecular weight excluding hydrogens is 260 g/mol. The average molecular weight is 268 g/mol. The van der Waals surface area contributed by atoms with Gasteiger partial charge >= 0.3 is 0 Å². The Morgan fingerprint density at radius 2 is 2.21 bits per heavy atom. The van der Waals surface area contributed by atoms with E-state index in [0.29, 0.717) is 10.4 Å². The second kappa shape index (κ2) is 5.16. The average Bonchev–Trinajstić information content (AvgIpc) is 2.14. The van der Waals surface area contributed by atoms with Gasteiger partial charge in [-0.2, -0.15) is 0 Å². The first kappa shape index (κ1) is 11.3.